The van der Waals surface area contributed by atoms with Crippen molar-refractivity contribution in [1.82, 2.24) is 4.98 Å². The molecule has 1 aromatic heterocycles. The first-order chi connectivity index (χ1) is 24.5. The van der Waals surface area contributed by atoms with Crippen LogP contribution in [-0.2, 0) is 0 Å². The maximum atomic E-state index is 7.73. The highest BCUT2D eigenvalue weighted by Gasteiger charge is 2.22. The van der Waals surface area contributed by atoms with E-state index in [4.69, 9.17) is 20.4 Å². The van der Waals surface area contributed by atoms with Gasteiger partial charge < -0.3 is 5.41 Å². The molecule has 0 aliphatic carbocycles. The molecular weight excluding hydrogens is 613 g/mol. The Hall–Kier alpha value is -6.66. The fourth-order valence-electron chi connectivity index (χ4n) is 5.61. The predicted molar refractivity (Wildman–Crippen MR) is 215 cm³/mol. The van der Waals surface area contributed by atoms with E-state index in [9.17, 15) is 0 Å². The molecule has 0 bridgehead atoms. The van der Waals surface area contributed by atoms with Gasteiger partial charge in [0.15, 0.2) is 11.7 Å². The van der Waals surface area contributed by atoms with Crippen LogP contribution < -0.4 is 0 Å². The number of nitrogens with one attached hydrogen (secondary N) is 1. The third-order valence-corrected chi connectivity index (χ3v) is 8.08. The van der Waals surface area contributed by atoms with E-state index in [1.54, 1.807) is 30.6 Å². The summed E-state index contributed by atoms with van der Waals surface area (Å²) in [5, 5.41) is 7.73. The second kappa shape index (κ2) is 16.9. The SMILES string of the molecule is C=C/C=C\C=C1/CN=C(c2ccc(-c3ccc(C(=NC/C(C=N)=C/C=C)N=C(N=C)c4cccnc4)cc3)cc2)c2ccc(C=C)c(C=C)c21. The summed E-state index contributed by atoms with van der Waals surface area (Å²) < 4.78 is 0. The molecule has 6 heteroatoms. The van der Waals surface area contributed by atoms with E-state index in [0.29, 0.717) is 23.8 Å². The second-order valence-corrected chi connectivity index (χ2v) is 11.1. The van der Waals surface area contributed by atoms with E-state index in [1.807, 2.05) is 60.7 Å². The van der Waals surface area contributed by atoms with Gasteiger partial charge in [0.2, 0.25) is 0 Å². The van der Waals surface area contributed by atoms with Crippen LogP contribution in [0.15, 0.2) is 174 Å². The van der Waals surface area contributed by atoms with Crippen molar-refractivity contribution >= 4 is 48.0 Å². The maximum Gasteiger partial charge on any atom is 0.162 e. The van der Waals surface area contributed by atoms with Gasteiger partial charge in [0.05, 0.1) is 18.8 Å². The van der Waals surface area contributed by atoms with Crippen molar-refractivity contribution in [1.29, 1.82) is 5.41 Å². The fraction of sp³-hybridized carbons (Fsp3) is 0.0455. The second-order valence-electron chi connectivity index (χ2n) is 11.1. The molecule has 0 radical (unpaired) electrons. The molecule has 1 N–H and O–H groups in total. The quantitative estimate of drug-likeness (QED) is 0.0924. The maximum absolute atomic E-state index is 7.73. The molecule has 0 spiro atoms. The number of amidine groups is 2. The lowest BCUT2D eigenvalue weighted by atomic mass is 9.84. The molecule has 0 atom stereocenters. The number of pyridine rings is 1. The standard InChI is InChI=1S/C44H38N6/c1-6-10-11-14-37-30-48-42(40-25-24-32(8-3)39(9-4)41(37)40)35-20-16-33(17-21-35)34-18-22-36(23-19-34)44(49-28-31(27-45)13-7-2)50-43(46-5)38-15-12-26-47-29-38/h6-27,29,45H,1-5,28,30H2/b11-10-,31-13+,37-14+,45-27?,49-44?,50-43?. The summed E-state index contributed by atoms with van der Waals surface area (Å²) in [6.45, 7) is 20.2. The fourth-order valence-corrected chi connectivity index (χ4v) is 5.61. The molecule has 0 unspecified atom stereocenters. The first-order valence-electron chi connectivity index (χ1n) is 16.0. The highest BCUT2D eigenvalue weighted by molar-refractivity contribution is 6.18. The molecule has 0 fully saturated rings. The van der Waals surface area contributed by atoms with Crippen LogP contribution in [0, 0.1) is 5.41 Å². The van der Waals surface area contributed by atoms with Gasteiger partial charge in [-0.25, -0.2) is 9.98 Å². The summed E-state index contributed by atoms with van der Waals surface area (Å²) in [5.41, 5.74) is 11.7. The largest absolute Gasteiger partial charge is 0.308 e. The van der Waals surface area contributed by atoms with Gasteiger partial charge in [0.25, 0.3) is 0 Å². The average Bonchev–Trinajstić information content (AvgIpc) is 3.17. The van der Waals surface area contributed by atoms with Gasteiger partial charge in [-0.15, -0.1) is 0 Å². The van der Waals surface area contributed by atoms with Gasteiger partial charge in [-0.1, -0.05) is 136 Å². The smallest absolute Gasteiger partial charge is 0.162 e. The normalized spacial score (nSPS) is 14.1. The summed E-state index contributed by atoms with van der Waals surface area (Å²) in [6.07, 6.45) is 19.6. The molecule has 2 heterocycles. The van der Waals surface area contributed by atoms with Crippen LogP contribution in [0.3, 0.4) is 0 Å². The van der Waals surface area contributed by atoms with Gasteiger partial charge in [-0.05, 0) is 57.8 Å². The van der Waals surface area contributed by atoms with Crippen molar-refractivity contribution in [3.8, 4) is 11.1 Å². The number of allylic oxidation sites excluding steroid dienone is 6. The third kappa shape index (κ3) is 7.89. The highest BCUT2D eigenvalue weighted by atomic mass is 15.0. The Balaban J connectivity index is 1.47. The van der Waals surface area contributed by atoms with Gasteiger partial charge in [0.1, 0.15) is 0 Å². The Kier molecular flexibility index (Phi) is 11.8. The number of rotatable bonds is 12. The van der Waals surface area contributed by atoms with Crippen molar-refractivity contribution in [3.05, 3.63) is 192 Å². The summed E-state index contributed by atoms with van der Waals surface area (Å²) in [7, 11) is 0. The van der Waals surface area contributed by atoms with Crippen molar-refractivity contribution in [2.75, 3.05) is 13.1 Å². The summed E-state index contributed by atoms with van der Waals surface area (Å²) in [5.74, 6) is 0.875. The van der Waals surface area contributed by atoms with Gasteiger partial charge in [0, 0.05) is 40.9 Å². The minimum Gasteiger partial charge on any atom is -0.308 e. The van der Waals surface area contributed by atoms with E-state index in [0.717, 1.165) is 61.4 Å². The molecule has 1 aliphatic heterocycles. The van der Waals surface area contributed by atoms with Gasteiger partial charge in [-0.2, -0.15) is 0 Å². The van der Waals surface area contributed by atoms with Crippen LogP contribution in [0.25, 0.3) is 28.9 Å². The third-order valence-electron chi connectivity index (χ3n) is 8.08. The van der Waals surface area contributed by atoms with E-state index < -0.39 is 0 Å². The average molecular weight is 651 g/mol. The number of aromatic nitrogens is 1. The van der Waals surface area contributed by atoms with Crippen LogP contribution in [0.1, 0.15) is 38.9 Å². The topological polar surface area (TPSA) is 86.2 Å². The van der Waals surface area contributed by atoms with E-state index >= 15 is 0 Å². The first kappa shape index (κ1) is 34.7. The molecule has 50 heavy (non-hydrogen) atoms. The Morgan fingerprint density at radius 1 is 0.800 bits per heavy atom. The van der Waals surface area contributed by atoms with Crippen molar-refractivity contribution in [2.24, 2.45) is 20.0 Å². The zero-order valence-corrected chi connectivity index (χ0v) is 28.0. The van der Waals surface area contributed by atoms with Crippen molar-refractivity contribution in [2.45, 2.75) is 0 Å². The van der Waals surface area contributed by atoms with E-state index in [-0.39, 0.29) is 6.54 Å². The molecule has 3 aromatic carbocycles. The molecule has 1 aliphatic rings. The highest BCUT2D eigenvalue weighted by Crippen LogP contribution is 2.34. The number of fused-ring (bicyclic) bond motifs is 1. The van der Waals surface area contributed by atoms with Crippen LogP contribution in [0.2, 0.25) is 0 Å². The number of benzene rings is 3. The van der Waals surface area contributed by atoms with Gasteiger partial charge >= 0.3 is 0 Å². The summed E-state index contributed by atoms with van der Waals surface area (Å²) in [6, 6.07) is 24.4. The van der Waals surface area contributed by atoms with Crippen LogP contribution in [0.4, 0.5) is 0 Å². The monoisotopic (exact) mass is 650 g/mol. The molecule has 0 saturated carbocycles. The zero-order chi connectivity index (χ0) is 35.3. The predicted octanol–water partition coefficient (Wildman–Crippen LogP) is 9.67. The number of hydrogen-bond donors (Lipinski definition) is 1. The lowest BCUT2D eigenvalue weighted by Crippen LogP contribution is -2.15. The van der Waals surface area contributed by atoms with Crippen molar-refractivity contribution < 1.29 is 0 Å². The Bertz CT molecular complexity index is 2120. The lowest BCUT2D eigenvalue weighted by molar-refractivity contribution is 1.19. The molecule has 0 amide bonds. The zero-order valence-electron chi connectivity index (χ0n) is 28.0. The van der Waals surface area contributed by atoms with Crippen LogP contribution >= 0.6 is 0 Å². The van der Waals surface area contributed by atoms with E-state index in [1.165, 1.54) is 6.21 Å². The number of hydrogen-bond acceptors (Lipinski definition) is 4. The van der Waals surface area contributed by atoms with Crippen LogP contribution in [0.5, 0.6) is 0 Å². The minimum absolute atomic E-state index is 0.258. The van der Waals surface area contributed by atoms with Gasteiger partial charge in [-0.3, -0.25) is 15.0 Å². The molecule has 6 nitrogen and oxygen atoms in total. The van der Waals surface area contributed by atoms with Crippen LogP contribution in [-0.4, -0.2) is 48.4 Å². The number of nitrogens with zero attached hydrogens (tertiary/aromatic N) is 5. The number of aliphatic imine (C=N–C) groups is 4. The first-order valence-corrected chi connectivity index (χ1v) is 16.0. The molecule has 0 saturated heterocycles. The summed E-state index contributed by atoms with van der Waals surface area (Å²) >= 11 is 0. The van der Waals surface area contributed by atoms with E-state index in [2.05, 4.69) is 85.5 Å². The summed E-state index contributed by atoms with van der Waals surface area (Å²) in [4.78, 5) is 22.9. The lowest BCUT2D eigenvalue weighted by Gasteiger charge is -2.23. The van der Waals surface area contributed by atoms with Crippen molar-refractivity contribution in [3.63, 3.8) is 0 Å². The molecule has 5 rings (SSSR count). The molecular formula is C44H38N6. The molecule has 244 valence electrons. The molecule has 4 aromatic rings. The Morgan fingerprint density at radius 3 is 2.16 bits per heavy atom. The Labute approximate surface area is 294 Å². The Morgan fingerprint density at radius 2 is 1.54 bits per heavy atom. The minimum atomic E-state index is 0.258.